The van der Waals surface area contributed by atoms with Gasteiger partial charge in [-0.3, -0.25) is 4.79 Å². The van der Waals surface area contributed by atoms with Crippen LogP contribution in [0.1, 0.15) is 41.6 Å². The first kappa shape index (κ1) is 19.0. The van der Waals surface area contributed by atoms with Gasteiger partial charge in [-0.25, -0.2) is 0 Å². The number of hydrogen-bond acceptors (Lipinski definition) is 3. The Morgan fingerprint density at radius 1 is 1.12 bits per heavy atom. The Morgan fingerprint density at radius 2 is 1.85 bits per heavy atom. The minimum Gasteiger partial charge on any atom is -0.488 e. The quantitative estimate of drug-likeness (QED) is 0.779. The monoisotopic (exact) mass is 393 g/mol. The van der Waals surface area contributed by atoms with Crippen LogP contribution in [0.2, 0.25) is 10.0 Å². The second-order valence-corrected chi connectivity index (χ2v) is 7.34. The molecule has 6 heteroatoms. The lowest BCUT2D eigenvalue weighted by Crippen LogP contribution is -2.38. The predicted molar refractivity (Wildman–Crippen MR) is 103 cm³/mol. The molecule has 0 saturated heterocycles. The molecule has 1 saturated carbocycles. The standard InChI is InChI=1S/C20H21Cl2NO3/c21-14-6-5-13(18(22)11-14)12-26-19-4-2-1-3-17(19)20(25)23-15-7-9-16(24)10-8-15/h1-6,11,15-16,24H,7-10,12H2,(H,23,25). The van der Waals surface area contributed by atoms with Crippen LogP contribution in [-0.2, 0) is 6.61 Å². The second-order valence-electron chi connectivity index (χ2n) is 6.50. The molecule has 2 N–H and O–H groups in total. The van der Waals surface area contributed by atoms with Crippen LogP contribution in [0.4, 0.5) is 0 Å². The third-order valence-corrected chi connectivity index (χ3v) is 5.15. The zero-order valence-electron chi connectivity index (χ0n) is 14.3. The molecule has 3 rings (SSSR count). The lowest BCUT2D eigenvalue weighted by atomic mass is 9.93. The van der Waals surface area contributed by atoms with Gasteiger partial charge in [0.25, 0.3) is 5.91 Å². The Hall–Kier alpha value is -1.75. The van der Waals surface area contributed by atoms with Crippen molar-refractivity contribution in [3.63, 3.8) is 0 Å². The van der Waals surface area contributed by atoms with E-state index in [0.29, 0.717) is 21.4 Å². The molecule has 0 atom stereocenters. The average molecular weight is 394 g/mol. The lowest BCUT2D eigenvalue weighted by Gasteiger charge is -2.26. The number of nitrogens with one attached hydrogen (secondary N) is 1. The fourth-order valence-corrected chi connectivity index (χ4v) is 3.52. The number of carbonyl (C=O) groups excluding carboxylic acids is 1. The molecule has 2 aromatic rings. The summed E-state index contributed by atoms with van der Waals surface area (Å²) in [4.78, 5) is 12.6. The van der Waals surface area contributed by atoms with Crippen molar-refractivity contribution in [1.29, 1.82) is 0 Å². The SMILES string of the molecule is O=C(NC1CCC(O)CC1)c1ccccc1OCc1ccc(Cl)cc1Cl. The minimum absolute atomic E-state index is 0.0877. The van der Waals surface area contributed by atoms with Gasteiger partial charge in [0.05, 0.1) is 11.7 Å². The second kappa shape index (κ2) is 8.76. The summed E-state index contributed by atoms with van der Waals surface area (Å²) in [5, 5.41) is 13.7. The minimum atomic E-state index is -0.247. The third kappa shape index (κ3) is 4.91. The highest BCUT2D eigenvalue weighted by Crippen LogP contribution is 2.25. The number of benzene rings is 2. The molecule has 0 aliphatic heterocycles. The van der Waals surface area contributed by atoms with Crippen molar-refractivity contribution >= 4 is 29.1 Å². The fraction of sp³-hybridized carbons (Fsp3) is 0.350. The fourth-order valence-electron chi connectivity index (χ4n) is 3.06. The summed E-state index contributed by atoms with van der Waals surface area (Å²) in [6.07, 6.45) is 2.77. The van der Waals surface area contributed by atoms with Crippen LogP contribution in [0.25, 0.3) is 0 Å². The van der Waals surface area contributed by atoms with Gasteiger partial charge in [-0.15, -0.1) is 0 Å². The highest BCUT2D eigenvalue weighted by atomic mass is 35.5. The molecule has 1 amide bonds. The van der Waals surface area contributed by atoms with E-state index in [1.54, 1.807) is 30.3 Å². The van der Waals surface area contributed by atoms with Gasteiger partial charge < -0.3 is 15.2 Å². The Morgan fingerprint density at radius 3 is 2.58 bits per heavy atom. The molecule has 26 heavy (non-hydrogen) atoms. The van der Waals surface area contributed by atoms with Crippen LogP contribution in [0.3, 0.4) is 0 Å². The maximum Gasteiger partial charge on any atom is 0.255 e. The van der Waals surface area contributed by atoms with E-state index in [4.69, 9.17) is 27.9 Å². The number of hydrogen-bond donors (Lipinski definition) is 2. The van der Waals surface area contributed by atoms with E-state index in [2.05, 4.69) is 5.32 Å². The Bertz CT molecular complexity index is 773. The summed E-state index contributed by atoms with van der Waals surface area (Å²) in [6.45, 7) is 0.246. The van der Waals surface area contributed by atoms with Crippen LogP contribution in [-0.4, -0.2) is 23.2 Å². The first-order chi connectivity index (χ1) is 12.5. The van der Waals surface area contributed by atoms with Crippen LogP contribution in [0.15, 0.2) is 42.5 Å². The topological polar surface area (TPSA) is 58.6 Å². The van der Waals surface area contributed by atoms with Gasteiger partial charge in [0.2, 0.25) is 0 Å². The van der Waals surface area contributed by atoms with Crippen molar-refractivity contribution in [2.24, 2.45) is 0 Å². The van der Waals surface area contributed by atoms with Crippen molar-refractivity contribution in [3.05, 3.63) is 63.6 Å². The summed E-state index contributed by atoms with van der Waals surface area (Å²) in [5.74, 6) is 0.344. The van der Waals surface area contributed by atoms with Crippen molar-refractivity contribution in [3.8, 4) is 5.75 Å². The number of aliphatic hydroxyl groups is 1. The largest absolute Gasteiger partial charge is 0.488 e. The molecule has 0 bridgehead atoms. The zero-order valence-corrected chi connectivity index (χ0v) is 15.8. The Balaban J connectivity index is 1.66. The van der Waals surface area contributed by atoms with Crippen molar-refractivity contribution in [2.45, 2.75) is 44.4 Å². The van der Waals surface area contributed by atoms with E-state index in [-0.39, 0.29) is 24.7 Å². The summed E-state index contributed by atoms with van der Waals surface area (Å²) in [5.41, 5.74) is 1.29. The van der Waals surface area contributed by atoms with Crippen LogP contribution < -0.4 is 10.1 Å². The number of aliphatic hydroxyl groups excluding tert-OH is 1. The van der Waals surface area contributed by atoms with Gasteiger partial charge in [0.15, 0.2) is 0 Å². The van der Waals surface area contributed by atoms with Gasteiger partial charge in [-0.1, -0.05) is 41.4 Å². The normalized spacial score (nSPS) is 19.8. The highest BCUT2D eigenvalue weighted by Gasteiger charge is 2.22. The molecule has 0 aromatic heterocycles. The summed E-state index contributed by atoms with van der Waals surface area (Å²) in [7, 11) is 0. The van der Waals surface area contributed by atoms with Crippen LogP contribution >= 0.6 is 23.2 Å². The molecule has 0 heterocycles. The van der Waals surface area contributed by atoms with Gasteiger partial charge in [0, 0.05) is 21.7 Å². The molecular weight excluding hydrogens is 373 g/mol. The van der Waals surface area contributed by atoms with Gasteiger partial charge in [-0.2, -0.15) is 0 Å². The summed E-state index contributed by atoms with van der Waals surface area (Å²) >= 11 is 12.1. The molecule has 2 aromatic carbocycles. The molecule has 0 radical (unpaired) electrons. The summed E-state index contributed by atoms with van der Waals surface area (Å²) < 4.78 is 5.84. The molecule has 0 spiro atoms. The number of para-hydroxylation sites is 1. The summed E-state index contributed by atoms with van der Waals surface area (Å²) in [6, 6.07) is 12.5. The van der Waals surface area contributed by atoms with E-state index < -0.39 is 0 Å². The first-order valence-electron chi connectivity index (χ1n) is 8.67. The van der Waals surface area contributed by atoms with E-state index in [0.717, 1.165) is 31.2 Å². The van der Waals surface area contributed by atoms with Gasteiger partial charge in [-0.05, 0) is 49.9 Å². The van der Waals surface area contributed by atoms with Gasteiger partial charge >= 0.3 is 0 Å². The van der Waals surface area contributed by atoms with Crippen molar-refractivity contribution in [2.75, 3.05) is 0 Å². The van der Waals surface area contributed by atoms with Crippen molar-refractivity contribution < 1.29 is 14.6 Å². The molecule has 0 unspecified atom stereocenters. The number of amides is 1. The predicted octanol–water partition coefficient (Wildman–Crippen LogP) is 4.61. The van der Waals surface area contributed by atoms with E-state index in [9.17, 15) is 9.90 Å². The number of ether oxygens (including phenoxy) is 1. The van der Waals surface area contributed by atoms with E-state index in [1.165, 1.54) is 0 Å². The van der Waals surface area contributed by atoms with Gasteiger partial charge in [0.1, 0.15) is 12.4 Å². The average Bonchev–Trinajstić information content (AvgIpc) is 2.63. The van der Waals surface area contributed by atoms with Crippen molar-refractivity contribution in [1.82, 2.24) is 5.32 Å². The Labute approximate surface area is 163 Å². The molecule has 1 aliphatic carbocycles. The number of rotatable bonds is 5. The Kier molecular flexibility index (Phi) is 6.41. The van der Waals surface area contributed by atoms with Crippen LogP contribution in [0.5, 0.6) is 5.75 Å². The molecule has 4 nitrogen and oxygen atoms in total. The lowest BCUT2D eigenvalue weighted by molar-refractivity contribution is 0.0863. The van der Waals surface area contributed by atoms with E-state index in [1.807, 2.05) is 12.1 Å². The smallest absolute Gasteiger partial charge is 0.255 e. The molecule has 1 fully saturated rings. The number of halogens is 2. The van der Waals surface area contributed by atoms with Crippen LogP contribution in [0, 0.1) is 0 Å². The highest BCUT2D eigenvalue weighted by molar-refractivity contribution is 6.35. The third-order valence-electron chi connectivity index (χ3n) is 4.56. The zero-order chi connectivity index (χ0) is 18.5. The molecular formula is C20H21Cl2NO3. The first-order valence-corrected chi connectivity index (χ1v) is 9.43. The molecule has 1 aliphatic rings. The number of carbonyl (C=O) groups is 1. The maximum atomic E-state index is 12.6. The maximum absolute atomic E-state index is 12.6. The molecule has 138 valence electrons. The van der Waals surface area contributed by atoms with E-state index >= 15 is 0 Å².